The molecule has 6 heteroatoms. The van der Waals surface area contributed by atoms with Crippen LogP contribution in [0.3, 0.4) is 0 Å². The van der Waals surface area contributed by atoms with Gasteiger partial charge in [-0.25, -0.2) is 13.1 Å². The molecule has 1 amide bonds. The summed E-state index contributed by atoms with van der Waals surface area (Å²) in [5.74, 6) is -0.151. The summed E-state index contributed by atoms with van der Waals surface area (Å²) in [5.41, 5.74) is 1.54. The largest absolute Gasteiger partial charge is 0.338 e. The lowest BCUT2D eigenvalue weighted by molar-refractivity contribution is 0.0810. The number of likely N-dealkylation sites (N-methyl/N-ethyl adjacent to an activating group) is 1. The predicted molar refractivity (Wildman–Crippen MR) is 102 cm³/mol. The molecule has 1 aliphatic carbocycles. The third-order valence-corrected chi connectivity index (χ3v) is 5.68. The molecule has 0 atom stereocenters. The van der Waals surface area contributed by atoms with Gasteiger partial charge in [0.25, 0.3) is 5.91 Å². The fraction of sp³-hybridized carbons (Fsp3) is 0.250. The Hall–Kier alpha value is -2.44. The van der Waals surface area contributed by atoms with E-state index in [-0.39, 0.29) is 16.8 Å². The molecule has 0 saturated heterocycles. The average Bonchev–Trinajstić information content (AvgIpc) is 3.45. The van der Waals surface area contributed by atoms with Gasteiger partial charge in [0.2, 0.25) is 10.0 Å². The van der Waals surface area contributed by atoms with Crippen LogP contribution in [0, 0.1) is 0 Å². The van der Waals surface area contributed by atoms with E-state index in [0.29, 0.717) is 12.1 Å². The minimum absolute atomic E-state index is 0.0591. The number of rotatable bonds is 7. The maximum atomic E-state index is 12.5. The molecule has 3 rings (SSSR count). The highest BCUT2D eigenvalue weighted by Gasteiger charge is 2.28. The van der Waals surface area contributed by atoms with Crippen LogP contribution in [0.2, 0.25) is 0 Å². The summed E-state index contributed by atoms with van der Waals surface area (Å²) in [4.78, 5) is 14.2. The fourth-order valence-corrected chi connectivity index (χ4v) is 3.78. The van der Waals surface area contributed by atoms with E-state index in [1.165, 1.54) is 12.1 Å². The van der Waals surface area contributed by atoms with Crippen molar-refractivity contribution in [1.29, 1.82) is 0 Å². The van der Waals surface area contributed by atoms with Gasteiger partial charge >= 0.3 is 0 Å². The second-order valence-electron chi connectivity index (χ2n) is 6.42. The molecule has 1 saturated carbocycles. The minimum atomic E-state index is -3.49. The lowest BCUT2D eigenvalue weighted by Gasteiger charge is -2.15. The van der Waals surface area contributed by atoms with Gasteiger partial charge < -0.3 is 4.90 Å². The molecular weight excluding hydrogens is 348 g/mol. The molecule has 0 radical (unpaired) electrons. The molecule has 0 unspecified atom stereocenters. The number of nitrogens with zero attached hydrogens (tertiary/aromatic N) is 1. The van der Waals surface area contributed by atoms with Crippen LogP contribution < -0.4 is 4.72 Å². The first-order valence-electron chi connectivity index (χ1n) is 8.55. The molecule has 1 fully saturated rings. The fourth-order valence-electron chi connectivity index (χ4n) is 2.48. The SMILES string of the molecule is CN(CC=Cc1ccccc1)C(=O)c1ccc(S(=O)(=O)NC2CC2)cc1. The van der Waals surface area contributed by atoms with E-state index in [2.05, 4.69) is 4.72 Å². The summed E-state index contributed by atoms with van der Waals surface area (Å²) in [6.07, 6.45) is 5.66. The molecule has 0 spiro atoms. The van der Waals surface area contributed by atoms with Crippen LogP contribution in [0.4, 0.5) is 0 Å². The van der Waals surface area contributed by atoms with Gasteiger partial charge in [-0.1, -0.05) is 42.5 Å². The molecule has 5 nitrogen and oxygen atoms in total. The highest BCUT2D eigenvalue weighted by atomic mass is 32.2. The molecule has 1 N–H and O–H groups in total. The molecule has 0 heterocycles. The van der Waals surface area contributed by atoms with Gasteiger partial charge in [-0.2, -0.15) is 0 Å². The Bertz CT molecular complexity index is 886. The molecule has 1 aliphatic rings. The maximum absolute atomic E-state index is 12.5. The van der Waals surface area contributed by atoms with Crippen molar-refractivity contribution in [3.05, 3.63) is 71.8 Å². The molecule has 136 valence electrons. The number of benzene rings is 2. The van der Waals surface area contributed by atoms with Crippen molar-refractivity contribution in [2.45, 2.75) is 23.8 Å². The highest BCUT2D eigenvalue weighted by Crippen LogP contribution is 2.22. The van der Waals surface area contributed by atoms with Crippen molar-refractivity contribution in [3.8, 4) is 0 Å². The Morgan fingerprint density at radius 1 is 1.12 bits per heavy atom. The quantitative estimate of drug-likeness (QED) is 0.815. The smallest absolute Gasteiger partial charge is 0.253 e. The van der Waals surface area contributed by atoms with E-state index < -0.39 is 10.0 Å². The Balaban J connectivity index is 1.61. The number of amides is 1. The Morgan fingerprint density at radius 3 is 2.38 bits per heavy atom. The van der Waals surface area contributed by atoms with E-state index in [1.807, 2.05) is 42.5 Å². The van der Waals surface area contributed by atoms with Gasteiger partial charge in [-0.05, 0) is 42.7 Å². The summed E-state index contributed by atoms with van der Waals surface area (Å²) < 4.78 is 26.9. The number of carbonyl (C=O) groups is 1. The molecule has 2 aromatic carbocycles. The first-order valence-corrected chi connectivity index (χ1v) is 10.0. The zero-order chi connectivity index (χ0) is 18.6. The number of nitrogens with one attached hydrogen (secondary N) is 1. The third kappa shape index (κ3) is 4.80. The zero-order valence-corrected chi connectivity index (χ0v) is 15.4. The van der Waals surface area contributed by atoms with Crippen molar-refractivity contribution in [1.82, 2.24) is 9.62 Å². The molecule has 26 heavy (non-hydrogen) atoms. The van der Waals surface area contributed by atoms with Crippen molar-refractivity contribution in [2.75, 3.05) is 13.6 Å². The average molecular weight is 370 g/mol. The van der Waals surface area contributed by atoms with E-state index in [1.54, 1.807) is 24.1 Å². The van der Waals surface area contributed by atoms with Crippen LogP contribution >= 0.6 is 0 Å². The zero-order valence-electron chi connectivity index (χ0n) is 14.6. The monoisotopic (exact) mass is 370 g/mol. The molecule has 0 bridgehead atoms. The summed E-state index contributed by atoms with van der Waals surface area (Å²) >= 11 is 0. The van der Waals surface area contributed by atoms with Gasteiger partial charge in [0.15, 0.2) is 0 Å². The van der Waals surface area contributed by atoms with E-state index >= 15 is 0 Å². The predicted octanol–water partition coefficient (Wildman–Crippen LogP) is 2.91. The maximum Gasteiger partial charge on any atom is 0.253 e. The van der Waals surface area contributed by atoms with Crippen LogP contribution in [0.15, 0.2) is 65.6 Å². The van der Waals surface area contributed by atoms with Crippen LogP contribution in [-0.4, -0.2) is 38.9 Å². The van der Waals surface area contributed by atoms with Crippen molar-refractivity contribution in [2.24, 2.45) is 0 Å². The highest BCUT2D eigenvalue weighted by molar-refractivity contribution is 7.89. The van der Waals surface area contributed by atoms with E-state index in [4.69, 9.17) is 0 Å². The Labute approximate surface area is 154 Å². The topological polar surface area (TPSA) is 66.5 Å². The summed E-state index contributed by atoms with van der Waals surface area (Å²) in [6.45, 7) is 0.469. The number of hydrogen-bond acceptors (Lipinski definition) is 3. The van der Waals surface area contributed by atoms with Crippen molar-refractivity contribution >= 4 is 22.0 Å². The molecule has 2 aromatic rings. The standard InChI is InChI=1S/C20H22N2O3S/c1-22(15-5-8-16-6-3-2-4-7-16)20(23)17-9-13-19(14-10-17)26(24,25)21-18-11-12-18/h2-10,13-14,18,21H,11-12,15H2,1H3. The molecule has 0 aliphatic heterocycles. The number of hydrogen-bond donors (Lipinski definition) is 1. The van der Waals surface area contributed by atoms with Gasteiger partial charge in [0, 0.05) is 25.2 Å². The molecular formula is C20H22N2O3S. The summed E-state index contributed by atoms with van der Waals surface area (Å²) in [7, 11) is -1.77. The molecule has 0 aromatic heterocycles. The summed E-state index contributed by atoms with van der Waals surface area (Å²) in [5, 5.41) is 0. The lowest BCUT2D eigenvalue weighted by Crippen LogP contribution is -2.27. The van der Waals surface area contributed by atoms with Gasteiger partial charge in [0.1, 0.15) is 0 Å². The van der Waals surface area contributed by atoms with Crippen molar-refractivity contribution in [3.63, 3.8) is 0 Å². The van der Waals surface area contributed by atoms with Crippen LogP contribution in [-0.2, 0) is 10.0 Å². The van der Waals surface area contributed by atoms with Crippen LogP contribution in [0.1, 0.15) is 28.8 Å². The second kappa shape index (κ2) is 7.85. The summed E-state index contributed by atoms with van der Waals surface area (Å²) in [6, 6.07) is 16.0. The van der Waals surface area contributed by atoms with Crippen molar-refractivity contribution < 1.29 is 13.2 Å². The lowest BCUT2D eigenvalue weighted by atomic mass is 10.2. The number of sulfonamides is 1. The first-order chi connectivity index (χ1) is 12.5. The normalized spacial score (nSPS) is 14.5. The third-order valence-electron chi connectivity index (χ3n) is 4.15. The Morgan fingerprint density at radius 2 is 1.77 bits per heavy atom. The van der Waals surface area contributed by atoms with Gasteiger partial charge in [-0.3, -0.25) is 4.79 Å². The van der Waals surface area contributed by atoms with E-state index in [9.17, 15) is 13.2 Å². The number of carbonyl (C=O) groups excluding carboxylic acids is 1. The van der Waals surface area contributed by atoms with E-state index in [0.717, 1.165) is 18.4 Å². The van der Waals surface area contributed by atoms with Gasteiger partial charge in [-0.15, -0.1) is 0 Å². The van der Waals surface area contributed by atoms with Gasteiger partial charge in [0.05, 0.1) is 4.90 Å². The second-order valence-corrected chi connectivity index (χ2v) is 8.13. The van der Waals surface area contributed by atoms with Crippen LogP contribution in [0.25, 0.3) is 6.08 Å². The Kier molecular flexibility index (Phi) is 5.54. The first kappa shape index (κ1) is 18.4. The van der Waals surface area contributed by atoms with Crippen LogP contribution in [0.5, 0.6) is 0 Å². The minimum Gasteiger partial charge on any atom is -0.338 e.